The highest BCUT2D eigenvalue weighted by Gasteiger charge is 2.16. The van der Waals surface area contributed by atoms with Crippen LogP contribution in [0.3, 0.4) is 0 Å². The van der Waals surface area contributed by atoms with Gasteiger partial charge in [-0.2, -0.15) is 0 Å². The molecule has 1 aromatic carbocycles. The van der Waals surface area contributed by atoms with E-state index in [2.05, 4.69) is 5.32 Å². The summed E-state index contributed by atoms with van der Waals surface area (Å²) in [4.78, 5) is 0.266. The van der Waals surface area contributed by atoms with Crippen LogP contribution in [0, 0.1) is 0 Å². The molecular formula is C12H16ClNO3S. The van der Waals surface area contributed by atoms with Gasteiger partial charge in [0.15, 0.2) is 9.84 Å². The Balaban J connectivity index is 2.11. The fourth-order valence-electron chi connectivity index (χ4n) is 1.90. The molecule has 100 valence electrons. The molecular weight excluding hydrogens is 274 g/mol. The molecule has 1 aromatic rings. The Labute approximate surface area is 112 Å². The Morgan fingerprint density at radius 2 is 2.28 bits per heavy atom. The second kappa shape index (κ2) is 5.47. The van der Waals surface area contributed by atoms with E-state index in [-0.39, 0.29) is 11.0 Å². The molecule has 1 N–H and O–H groups in total. The maximum Gasteiger partial charge on any atom is 0.175 e. The number of sulfone groups is 1. The third-order valence-electron chi connectivity index (χ3n) is 2.91. The molecule has 1 atom stereocenters. The lowest BCUT2D eigenvalue weighted by atomic mass is 10.2. The molecule has 6 heteroatoms. The molecule has 0 amide bonds. The molecule has 1 saturated heterocycles. The van der Waals surface area contributed by atoms with Gasteiger partial charge in [0.05, 0.1) is 21.7 Å². The monoisotopic (exact) mass is 289 g/mol. The van der Waals surface area contributed by atoms with Crippen molar-refractivity contribution in [3.05, 3.63) is 23.2 Å². The Hall–Kier alpha value is -0.780. The summed E-state index contributed by atoms with van der Waals surface area (Å²) in [5.41, 5.74) is 0.634. The molecule has 18 heavy (non-hydrogen) atoms. The lowest BCUT2D eigenvalue weighted by molar-refractivity contribution is 0.120. The highest BCUT2D eigenvalue weighted by atomic mass is 35.5. The summed E-state index contributed by atoms with van der Waals surface area (Å²) in [6, 6.07) is 4.66. The number of ether oxygens (including phenoxy) is 1. The van der Waals surface area contributed by atoms with Gasteiger partial charge in [-0.25, -0.2) is 8.42 Å². The van der Waals surface area contributed by atoms with Crippen LogP contribution < -0.4 is 5.32 Å². The molecule has 1 unspecified atom stereocenters. The molecule has 1 heterocycles. The van der Waals surface area contributed by atoms with Crippen LogP contribution in [0.5, 0.6) is 0 Å². The molecule has 0 radical (unpaired) electrons. The van der Waals surface area contributed by atoms with Crippen LogP contribution in [0.15, 0.2) is 23.1 Å². The smallest absolute Gasteiger partial charge is 0.175 e. The highest BCUT2D eigenvalue weighted by molar-refractivity contribution is 7.90. The first kappa shape index (κ1) is 13.6. The standard InChI is InChI=1S/C12H16ClNO3S/c1-18(15,16)10-4-5-11(13)12(7-10)14-8-9-3-2-6-17-9/h4-5,7,9,14H,2-3,6,8H2,1H3. The molecule has 1 aliphatic rings. The van der Waals surface area contributed by atoms with E-state index >= 15 is 0 Å². The van der Waals surface area contributed by atoms with E-state index in [1.54, 1.807) is 12.1 Å². The summed E-state index contributed by atoms with van der Waals surface area (Å²) >= 11 is 6.03. The van der Waals surface area contributed by atoms with E-state index in [9.17, 15) is 8.42 Å². The first-order chi connectivity index (χ1) is 8.47. The molecule has 1 aliphatic heterocycles. The maximum atomic E-state index is 11.5. The van der Waals surface area contributed by atoms with E-state index in [4.69, 9.17) is 16.3 Å². The van der Waals surface area contributed by atoms with E-state index in [0.717, 1.165) is 19.4 Å². The van der Waals surface area contributed by atoms with Gasteiger partial charge in [-0.15, -0.1) is 0 Å². The van der Waals surface area contributed by atoms with Crippen molar-refractivity contribution in [2.24, 2.45) is 0 Å². The van der Waals surface area contributed by atoms with Crippen LogP contribution >= 0.6 is 11.6 Å². The molecule has 0 bridgehead atoms. The number of anilines is 1. The van der Waals surface area contributed by atoms with Gasteiger partial charge in [0.1, 0.15) is 0 Å². The second-order valence-corrected chi connectivity index (χ2v) is 6.85. The maximum absolute atomic E-state index is 11.5. The van der Waals surface area contributed by atoms with Gasteiger partial charge in [0.25, 0.3) is 0 Å². The Bertz CT molecular complexity index is 524. The predicted octanol–water partition coefficient (Wildman–Crippen LogP) is 2.33. The van der Waals surface area contributed by atoms with Gasteiger partial charge in [-0.1, -0.05) is 11.6 Å². The average molecular weight is 290 g/mol. The van der Waals surface area contributed by atoms with Gasteiger partial charge in [-0.05, 0) is 31.0 Å². The summed E-state index contributed by atoms with van der Waals surface area (Å²) in [5.74, 6) is 0. The van der Waals surface area contributed by atoms with Gasteiger partial charge in [0, 0.05) is 19.4 Å². The predicted molar refractivity (Wildman–Crippen MR) is 72.0 cm³/mol. The molecule has 0 aromatic heterocycles. The van der Waals surface area contributed by atoms with Crippen LogP contribution in [0.4, 0.5) is 5.69 Å². The van der Waals surface area contributed by atoms with Crippen molar-refractivity contribution in [1.29, 1.82) is 0 Å². The van der Waals surface area contributed by atoms with Crippen LogP contribution in [0.25, 0.3) is 0 Å². The summed E-state index contributed by atoms with van der Waals surface area (Å²) < 4.78 is 28.4. The Kier molecular flexibility index (Phi) is 4.14. The Morgan fingerprint density at radius 1 is 1.50 bits per heavy atom. The van der Waals surface area contributed by atoms with Crippen molar-refractivity contribution in [3.63, 3.8) is 0 Å². The summed E-state index contributed by atoms with van der Waals surface area (Å²) in [6.45, 7) is 1.44. The number of halogens is 1. The molecule has 4 nitrogen and oxygen atoms in total. The van der Waals surface area contributed by atoms with Crippen LogP contribution in [0.2, 0.25) is 5.02 Å². The summed E-state index contributed by atoms with van der Waals surface area (Å²) in [6.07, 6.45) is 3.46. The molecule has 1 fully saturated rings. The van der Waals surface area contributed by atoms with E-state index in [1.807, 2.05) is 0 Å². The number of hydrogen-bond acceptors (Lipinski definition) is 4. The van der Waals surface area contributed by atoms with Crippen molar-refractivity contribution >= 4 is 27.1 Å². The highest BCUT2D eigenvalue weighted by Crippen LogP contribution is 2.25. The molecule has 0 spiro atoms. The van der Waals surface area contributed by atoms with Crippen molar-refractivity contribution in [2.75, 3.05) is 24.7 Å². The summed E-state index contributed by atoms with van der Waals surface area (Å²) in [7, 11) is -3.21. The topological polar surface area (TPSA) is 55.4 Å². The third-order valence-corrected chi connectivity index (χ3v) is 4.35. The number of hydrogen-bond donors (Lipinski definition) is 1. The van der Waals surface area contributed by atoms with E-state index < -0.39 is 9.84 Å². The summed E-state index contributed by atoms with van der Waals surface area (Å²) in [5, 5.41) is 3.66. The van der Waals surface area contributed by atoms with Crippen LogP contribution in [-0.2, 0) is 14.6 Å². The van der Waals surface area contributed by atoms with Gasteiger partial charge in [0.2, 0.25) is 0 Å². The van der Waals surface area contributed by atoms with Crippen LogP contribution in [-0.4, -0.2) is 33.9 Å². The van der Waals surface area contributed by atoms with Gasteiger partial charge in [-0.3, -0.25) is 0 Å². The third kappa shape index (κ3) is 3.37. The van der Waals surface area contributed by atoms with Crippen molar-refractivity contribution in [1.82, 2.24) is 0 Å². The lowest BCUT2D eigenvalue weighted by Crippen LogP contribution is -2.18. The lowest BCUT2D eigenvalue weighted by Gasteiger charge is -2.13. The fraction of sp³-hybridized carbons (Fsp3) is 0.500. The second-order valence-electron chi connectivity index (χ2n) is 4.43. The zero-order valence-corrected chi connectivity index (χ0v) is 11.7. The number of rotatable bonds is 4. The minimum absolute atomic E-state index is 0.183. The first-order valence-electron chi connectivity index (χ1n) is 5.82. The zero-order valence-electron chi connectivity index (χ0n) is 10.1. The van der Waals surface area contributed by atoms with Crippen molar-refractivity contribution in [2.45, 2.75) is 23.8 Å². The fourth-order valence-corrected chi connectivity index (χ4v) is 2.73. The minimum atomic E-state index is -3.21. The normalized spacial score (nSPS) is 20.0. The van der Waals surface area contributed by atoms with Crippen molar-refractivity contribution in [3.8, 4) is 0 Å². The van der Waals surface area contributed by atoms with E-state index in [1.165, 1.54) is 12.3 Å². The molecule has 0 saturated carbocycles. The Morgan fingerprint density at radius 3 is 2.89 bits per heavy atom. The van der Waals surface area contributed by atoms with Crippen molar-refractivity contribution < 1.29 is 13.2 Å². The number of benzene rings is 1. The molecule has 2 rings (SSSR count). The average Bonchev–Trinajstić information content (AvgIpc) is 2.79. The van der Waals surface area contributed by atoms with Crippen LogP contribution in [0.1, 0.15) is 12.8 Å². The van der Waals surface area contributed by atoms with Gasteiger partial charge < -0.3 is 10.1 Å². The largest absolute Gasteiger partial charge is 0.381 e. The van der Waals surface area contributed by atoms with Gasteiger partial charge >= 0.3 is 0 Å². The minimum Gasteiger partial charge on any atom is -0.381 e. The zero-order chi connectivity index (χ0) is 13.2. The quantitative estimate of drug-likeness (QED) is 0.924. The SMILES string of the molecule is CS(=O)(=O)c1ccc(Cl)c(NCC2CCCO2)c1. The first-order valence-corrected chi connectivity index (χ1v) is 8.09. The van der Waals surface area contributed by atoms with E-state index in [0.29, 0.717) is 17.3 Å². The number of nitrogens with one attached hydrogen (secondary N) is 1. The molecule has 0 aliphatic carbocycles.